The van der Waals surface area contributed by atoms with Crippen molar-refractivity contribution in [3.05, 3.63) is 47.5 Å². The summed E-state index contributed by atoms with van der Waals surface area (Å²) in [5.41, 5.74) is -0.195. The number of aromatic nitrogens is 1. The average Bonchev–Trinajstić information content (AvgIpc) is 3.03. The number of carbonyl (C=O) groups excluding carboxylic acids is 1. The number of amides is 1. The van der Waals surface area contributed by atoms with E-state index < -0.39 is 17.6 Å². The lowest BCUT2D eigenvalue weighted by Crippen LogP contribution is -2.12. The van der Waals surface area contributed by atoms with Crippen LogP contribution >= 0.6 is 11.3 Å². The zero-order valence-corrected chi connectivity index (χ0v) is 14.5. The van der Waals surface area contributed by atoms with Gasteiger partial charge in [-0.1, -0.05) is 11.3 Å². The minimum absolute atomic E-state index is 0.0937. The lowest BCUT2D eigenvalue weighted by Gasteiger charge is -2.07. The van der Waals surface area contributed by atoms with Gasteiger partial charge in [-0.3, -0.25) is 10.1 Å². The Hall–Kier alpha value is -2.81. The van der Waals surface area contributed by atoms with Crippen LogP contribution in [0.5, 0.6) is 11.5 Å². The van der Waals surface area contributed by atoms with Crippen molar-refractivity contribution >= 4 is 32.6 Å². The number of ether oxygens (including phenoxy) is 2. The molecule has 0 atom stereocenters. The molecule has 1 N–H and O–H groups in total. The van der Waals surface area contributed by atoms with Crippen molar-refractivity contribution in [1.29, 1.82) is 0 Å². The van der Waals surface area contributed by atoms with Crippen LogP contribution in [0, 0.1) is 0 Å². The van der Waals surface area contributed by atoms with Crippen LogP contribution in [0.2, 0.25) is 0 Å². The molecule has 0 bridgehead atoms. The number of anilines is 1. The van der Waals surface area contributed by atoms with Gasteiger partial charge in [0.25, 0.3) is 5.91 Å². The molecule has 3 aromatic rings. The van der Waals surface area contributed by atoms with E-state index in [-0.39, 0.29) is 10.7 Å². The van der Waals surface area contributed by atoms with Crippen LogP contribution in [-0.2, 0) is 6.18 Å². The molecule has 136 valence electrons. The molecule has 0 unspecified atom stereocenters. The zero-order valence-electron chi connectivity index (χ0n) is 13.7. The van der Waals surface area contributed by atoms with E-state index in [1.54, 1.807) is 12.1 Å². The number of nitrogens with zero attached hydrogens (tertiary/aromatic N) is 1. The highest BCUT2D eigenvalue weighted by atomic mass is 32.1. The van der Waals surface area contributed by atoms with Crippen LogP contribution in [0.25, 0.3) is 10.2 Å². The number of benzene rings is 2. The standard InChI is InChI=1S/C17H13F3N2O3S/c1-24-11-7-8-12(25-2)14-13(11)21-16(26-14)22-15(23)9-3-5-10(6-4-9)17(18,19)20/h3-8H,1-2H3,(H,21,22,23). The molecule has 0 radical (unpaired) electrons. The predicted octanol–water partition coefficient (Wildman–Crippen LogP) is 4.58. The number of nitrogens with one attached hydrogen (secondary N) is 1. The van der Waals surface area contributed by atoms with E-state index >= 15 is 0 Å². The molecule has 0 fully saturated rings. The first-order chi connectivity index (χ1) is 12.3. The molecule has 2 aromatic carbocycles. The van der Waals surface area contributed by atoms with E-state index in [0.29, 0.717) is 21.7 Å². The molecule has 0 spiro atoms. The molecule has 5 nitrogen and oxygen atoms in total. The lowest BCUT2D eigenvalue weighted by molar-refractivity contribution is -0.137. The summed E-state index contributed by atoms with van der Waals surface area (Å²) in [5, 5.41) is 2.87. The maximum absolute atomic E-state index is 12.6. The molecule has 1 aromatic heterocycles. The van der Waals surface area contributed by atoms with Gasteiger partial charge in [-0.25, -0.2) is 4.98 Å². The fourth-order valence-corrected chi connectivity index (χ4v) is 3.29. The van der Waals surface area contributed by atoms with E-state index in [4.69, 9.17) is 9.47 Å². The van der Waals surface area contributed by atoms with Crippen LogP contribution in [0.1, 0.15) is 15.9 Å². The Morgan fingerprint density at radius 3 is 2.23 bits per heavy atom. The third kappa shape index (κ3) is 3.43. The Bertz CT molecular complexity index is 911. The number of fused-ring (bicyclic) bond motifs is 1. The summed E-state index contributed by atoms with van der Waals surface area (Å²) in [7, 11) is 3.02. The summed E-state index contributed by atoms with van der Waals surface area (Å²) in [6.45, 7) is 0. The van der Waals surface area contributed by atoms with Crippen molar-refractivity contribution in [2.75, 3.05) is 19.5 Å². The van der Waals surface area contributed by atoms with Crippen LogP contribution in [0.3, 0.4) is 0 Å². The summed E-state index contributed by atoms with van der Waals surface area (Å²) in [5.74, 6) is 0.538. The van der Waals surface area contributed by atoms with Gasteiger partial charge in [-0.05, 0) is 36.4 Å². The Morgan fingerprint density at radius 2 is 1.65 bits per heavy atom. The van der Waals surface area contributed by atoms with Gasteiger partial charge < -0.3 is 9.47 Å². The number of rotatable bonds is 4. The molecule has 26 heavy (non-hydrogen) atoms. The molecule has 9 heteroatoms. The second-order valence-electron chi connectivity index (χ2n) is 5.20. The van der Waals surface area contributed by atoms with E-state index in [1.807, 2.05) is 0 Å². The van der Waals surface area contributed by atoms with Crippen LogP contribution in [-0.4, -0.2) is 25.1 Å². The molecule has 1 amide bonds. The first-order valence-corrected chi connectivity index (χ1v) is 8.15. The van der Waals surface area contributed by atoms with E-state index in [0.717, 1.165) is 24.3 Å². The lowest BCUT2D eigenvalue weighted by atomic mass is 10.1. The SMILES string of the molecule is COc1ccc(OC)c2sc(NC(=O)c3ccc(C(F)(F)F)cc3)nc12. The predicted molar refractivity (Wildman–Crippen MR) is 92.1 cm³/mol. The van der Waals surface area contributed by atoms with E-state index in [2.05, 4.69) is 10.3 Å². The smallest absolute Gasteiger partial charge is 0.416 e. The van der Waals surface area contributed by atoms with Gasteiger partial charge in [0.1, 0.15) is 21.7 Å². The Labute approximate surface area is 150 Å². The first-order valence-electron chi connectivity index (χ1n) is 7.33. The Kier molecular flexibility index (Phi) is 4.73. The van der Waals surface area contributed by atoms with Crippen molar-refractivity contribution in [2.24, 2.45) is 0 Å². The molecule has 3 rings (SSSR count). The average molecular weight is 382 g/mol. The molecule has 0 saturated heterocycles. The van der Waals surface area contributed by atoms with E-state index in [1.165, 1.54) is 25.6 Å². The van der Waals surface area contributed by atoms with Gasteiger partial charge in [0.15, 0.2) is 5.13 Å². The van der Waals surface area contributed by atoms with Gasteiger partial charge in [-0.2, -0.15) is 13.2 Å². The van der Waals surface area contributed by atoms with Crippen molar-refractivity contribution in [2.45, 2.75) is 6.18 Å². The minimum atomic E-state index is -4.45. The monoisotopic (exact) mass is 382 g/mol. The number of methoxy groups -OCH3 is 2. The second-order valence-corrected chi connectivity index (χ2v) is 6.20. The highest BCUT2D eigenvalue weighted by Crippen LogP contribution is 2.39. The van der Waals surface area contributed by atoms with Crippen LogP contribution in [0.15, 0.2) is 36.4 Å². The molecule has 0 aliphatic carbocycles. The molecule has 0 aliphatic rings. The highest BCUT2D eigenvalue weighted by Gasteiger charge is 2.30. The number of thiazole rings is 1. The van der Waals surface area contributed by atoms with Gasteiger partial charge in [0, 0.05) is 5.56 Å². The molecule has 1 heterocycles. The minimum Gasteiger partial charge on any atom is -0.495 e. The Morgan fingerprint density at radius 1 is 1.04 bits per heavy atom. The van der Waals surface area contributed by atoms with Gasteiger partial charge in [0.05, 0.1) is 19.8 Å². The maximum atomic E-state index is 12.6. The molecular formula is C17H13F3N2O3S. The van der Waals surface area contributed by atoms with Crippen molar-refractivity contribution in [3.63, 3.8) is 0 Å². The fourth-order valence-electron chi connectivity index (χ4n) is 2.32. The number of alkyl halides is 3. The highest BCUT2D eigenvalue weighted by molar-refractivity contribution is 7.22. The second kappa shape index (κ2) is 6.83. The van der Waals surface area contributed by atoms with Crippen LogP contribution in [0.4, 0.5) is 18.3 Å². The third-order valence-electron chi connectivity index (χ3n) is 3.61. The number of hydrogen-bond donors (Lipinski definition) is 1. The summed E-state index contributed by atoms with van der Waals surface area (Å²) < 4.78 is 49.0. The summed E-state index contributed by atoms with van der Waals surface area (Å²) in [6, 6.07) is 7.38. The number of carbonyl (C=O) groups is 1. The quantitative estimate of drug-likeness (QED) is 0.717. The first kappa shape index (κ1) is 18.0. The van der Waals surface area contributed by atoms with Gasteiger partial charge >= 0.3 is 6.18 Å². The van der Waals surface area contributed by atoms with Gasteiger partial charge in [0.2, 0.25) is 0 Å². The van der Waals surface area contributed by atoms with E-state index in [9.17, 15) is 18.0 Å². The number of hydrogen-bond acceptors (Lipinski definition) is 5. The Balaban J connectivity index is 1.87. The third-order valence-corrected chi connectivity index (χ3v) is 4.59. The number of halogens is 3. The maximum Gasteiger partial charge on any atom is 0.416 e. The molecule has 0 aliphatic heterocycles. The van der Waals surface area contributed by atoms with Crippen molar-refractivity contribution in [1.82, 2.24) is 4.98 Å². The summed E-state index contributed by atoms with van der Waals surface area (Å²) in [4.78, 5) is 16.6. The summed E-state index contributed by atoms with van der Waals surface area (Å²) in [6.07, 6.45) is -4.45. The fraction of sp³-hybridized carbons (Fsp3) is 0.176. The molecular weight excluding hydrogens is 369 g/mol. The van der Waals surface area contributed by atoms with Crippen molar-refractivity contribution < 1.29 is 27.4 Å². The van der Waals surface area contributed by atoms with Crippen molar-refractivity contribution in [3.8, 4) is 11.5 Å². The van der Waals surface area contributed by atoms with Gasteiger partial charge in [-0.15, -0.1) is 0 Å². The zero-order chi connectivity index (χ0) is 18.9. The molecule has 0 saturated carbocycles. The normalized spacial score (nSPS) is 11.4. The topological polar surface area (TPSA) is 60.5 Å². The largest absolute Gasteiger partial charge is 0.495 e. The van der Waals surface area contributed by atoms with Crippen LogP contribution < -0.4 is 14.8 Å². The summed E-state index contributed by atoms with van der Waals surface area (Å²) >= 11 is 1.18.